The van der Waals surface area contributed by atoms with Crippen LogP contribution in [0, 0.1) is 34.0 Å². The molecule has 7 atom stereocenters. The highest BCUT2D eigenvalue weighted by atomic mass is 16.3. The molecule has 0 radical (unpaired) electrons. The molecule has 7 unspecified atom stereocenters. The summed E-state index contributed by atoms with van der Waals surface area (Å²) in [5, 5.41) is 20.5. The summed E-state index contributed by atoms with van der Waals surface area (Å²) in [6, 6.07) is 0. The van der Waals surface area contributed by atoms with Gasteiger partial charge in [-0.05, 0) is 73.5 Å². The molecule has 0 heterocycles. The fraction of sp³-hybridized carbons (Fsp3) is 0.905. The van der Waals surface area contributed by atoms with Crippen LogP contribution in [0.2, 0.25) is 0 Å². The molecule has 0 amide bonds. The zero-order valence-electron chi connectivity index (χ0n) is 15.1. The van der Waals surface area contributed by atoms with Gasteiger partial charge in [0.25, 0.3) is 0 Å². The van der Waals surface area contributed by atoms with Crippen LogP contribution in [0.25, 0.3) is 0 Å². The Morgan fingerprint density at radius 2 is 1.83 bits per heavy atom. The van der Waals surface area contributed by atoms with E-state index >= 15 is 0 Å². The lowest BCUT2D eigenvalue weighted by atomic mass is 9.43. The fourth-order valence-corrected chi connectivity index (χ4v) is 7.27. The second-order valence-electron chi connectivity index (χ2n) is 9.97. The summed E-state index contributed by atoms with van der Waals surface area (Å²) in [6.07, 6.45) is 12.0. The van der Waals surface area contributed by atoms with Crippen molar-refractivity contribution in [3.8, 4) is 0 Å². The van der Waals surface area contributed by atoms with Gasteiger partial charge in [0.15, 0.2) is 0 Å². The van der Waals surface area contributed by atoms with E-state index in [1.165, 1.54) is 37.7 Å². The summed E-state index contributed by atoms with van der Waals surface area (Å²) < 4.78 is 0. The van der Waals surface area contributed by atoms with E-state index in [0.29, 0.717) is 17.3 Å². The molecule has 130 valence electrons. The van der Waals surface area contributed by atoms with Crippen molar-refractivity contribution in [2.75, 3.05) is 6.61 Å². The molecule has 3 saturated carbocycles. The van der Waals surface area contributed by atoms with Crippen molar-refractivity contribution in [3.05, 3.63) is 11.6 Å². The molecule has 0 aliphatic heterocycles. The van der Waals surface area contributed by atoms with Gasteiger partial charge in [-0.15, -0.1) is 0 Å². The Balaban J connectivity index is 1.81. The monoisotopic (exact) mass is 318 g/mol. The van der Waals surface area contributed by atoms with Crippen LogP contribution in [0.1, 0.15) is 72.1 Å². The molecule has 0 saturated heterocycles. The Bertz CT molecular complexity index is 526. The predicted octanol–water partition coefficient (Wildman–Crippen LogP) is 4.31. The quantitative estimate of drug-likeness (QED) is 0.707. The molecule has 0 aromatic rings. The van der Waals surface area contributed by atoms with Gasteiger partial charge in [-0.25, -0.2) is 0 Å². The minimum absolute atomic E-state index is 0.0900. The highest BCUT2D eigenvalue weighted by molar-refractivity contribution is 5.29. The minimum atomic E-state index is -0.172. The Morgan fingerprint density at radius 1 is 1.04 bits per heavy atom. The number of hydrogen-bond acceptors (Lipinski definition) is 2. The van der Waals surface area contributed by atoms with Gasteiger partial charge >= 0.3 is 0 Å². The van der Waals surface area contributed by atoms with Crippen molar-refractivity contribution in [2.45, 2.75) is 78.2 Å². The summed E-state index contributed by atoms with van der Waals surface area (Å²) in [5.74, 6) is 2.10. The highest BCUT2D eigenvalue weighted by Crippen LogP contribution is 2.68. The zero-order chi connectivity index (χ0) is 16.5. The molecule has 2 heteroatoms. The Hall–Kier alpha value is -0.340. The molecule has 2 nitrogen and oxygen atoms in total. The highest BCUT2D eigenvalue weighted by Gasteiger charge is 2.61. The van der Waals surface area contributed by atoms with E-state index in [1.54, 1.807) is 0 Å². The summed E-state index contributed by atoms with van der Waals surface area (Å²) >= 11 is 0. The first-order chi connectivity index (χ1) is 10.8. The zero-order valence-corrected chi connectivity index (χ0v) is 15.1. The second kappa shape index (κ2) is 5.08. The Labute approximate surface area is 141 Å². The average molecular weight is 319 g/mol. The molecule has 23 heavy (non-hydrogen) atoms. The molecule has 4 aliphatic rings. The van der Waals surface area contributed by atoms with E-state index in [9.17, 15) is 10.2 Å². The van der Waals surface area contributed by atoms with Gasteiger partial charge in [-0.2, -0.15) is 0 Å². The molecule has 4 rings (SSSR count). The first-order valence-electron chi connectivity index (χ1n) is 9.84. The van der Waals surface area contributed by atoms with Gasteiger partial charge in [0, 0.05) is 5.41 Å². The third-order valence-electron chi connectivity index (χ3n) is 8.66. The summed E-state index contributed by atoms with van der Waals surface area (Å²) in [4.78, 5) is 0. The van der Waals surface area contributed by atoms with Crippen LogP contribution in [0.5, 0.6) is 0 Å². The van der Waals surface area contributed by atoms with Crippen molar-refractivity contribution < 1.29 is 10.2 Å². The first kappa shape index (κ1) is 16.1. The normalized spacial score (nSPS) is 55.6. The molecule has 4 aliphatic carbocycles. The second-order valence-corrected chi connectivity index (χ2v) is 9.97. The molecule has 0 aromatic heterocycles. The van der Waals surface area contributed by atoms with Crippen molar-refractivity contribution in [3.63, 3.8) is 0 Å². The number of aliphatic hydroxyl groups is 2. The predicted molar refractivity (Wildman–Crippen MR) is 92.9 cm³/mol. The SMILES string of the molecule is CC1(CO)C=C2CC(O)CCC2(C)C2CCC3(C)CCCC3C21. The van der Waals surface area contributed by atoms with Gasteiger partial charge in [0.1, 0.15) is 0 Å². The summed E-state index contributed by atoms with van der Waals surface area (Å²) in [7, 11) is 0. The lowest BCUT2D eigenvalue weighted by Gasteiger charge is -2.62. The van der Waals surface area contributed by atoms with E-state index in [2.05, 4.69) is 26.8 Å². The van der Waals surface area contributed by atoms with Crippen LogP contribution in [0.3, 0.4) is 0 Å². The maximum absolute atomic E-state index is 10.3. The van der Waals surface area contributed by atoms with Crippen LogP contribution in [0.4, 0.5) is 0 Å². The number of rotatable bonds is 1. The lowest BCUT2D eigenvalue weighted by Crippen LogP contribution is -2.56. The van der Waals surface area contributed by atoms with Gasteiger partial charge < -0.3 is 10.2 Å². The van der Waals surface area contributed by atoms with Crippen LogP contribution in [-0.2, 0) is 0 Å². The molecule has 0 spiro atoms. The van der Waals surface area contributed by atoms with E-state index in [1.807, 2.05) is 0 Å². The largest absolute Gasteiger partial charge is 0.395 e. The minimum Gasteiger partial charge on any atom is -0.395 e. The van der Waals surface area contributed by atoms with E-state index in [0.717, 1.165) is 25.2 Å². The lowest BCUT2D eigenvalue weighted by molar-refractivity contribution is -0.0974. The summed E-state index contributed by atoms with van der Waals surface area (Å²) in [5.41, 5.74) is 2.14. The third kappa shape index (κ3) is 2.13. The standard InChI is InChI=1S/C21H34O2/c1-19-8-4-5-16(19)18-17(7-9-19)21(3)10-6-15(23)11-14(21)12-20(18,2)13-22/h12,15-18,22-23H,4-11,13H2,1-3H3. The topological polar surface area (TPSA) is 40.5 Å². The van der Waals surface area contributed by atoms with Crippen LogP contribution >= 0.6 is 0 Å². The molecular weight excluding hydrogens is 284 g/mol. The molecule has 0 aromatic carbocycles. The van der Waals surface area contributed by atoms with Gasteiger partial charge in [0.2, 0.25) is 0 Å². The smallest absolute Gasteiger partial charge is 0.0577 e. The molecule has 3 fully saturated rings. The average Bonchev–Trinajstić information content (AvgIpc) is 2.91. The maximum atomic E-state index is 10.3. The summed E-state index contributed by atoms with van der Waals surface area (Å²) in [6.45, 7) is 7.54. The van der Waals surface area contributed by atoms with Crippen molar-refractivity contribution in [2.24, 2.45) is 34.0 Å². The van der Waals surface area contributed by atoms with Gasteiger partial charge in [-0.1, -0.05) is 38.8 Å². The van der Waals surface area contributed by atoms with E-state index < -0.39 is 0 Å². The van der Waals surface area contributed by atoms with Crippen LogP contribution in [0.15, 0.2) is 11.6 Å². The number of fused-ring (bicyclic) bond motifs is 5. The third-order valence-corrected chi connectivity index (χ3v) is 8.66. The Kier molecular flexibility index (Phi) is 3.57. The Morgan fingerprint density at radius 3 is 2.57 bits per heavy atom. The number of hydrogen-bond donors (Lipinski definition) is 2. The van der Waals surface area contributed by atoms with Crippen molar-refractivity contribution >= 4 is 0 Å². The van der Waals surface area contributed by atoms with E-state index in [-0.39, 0.29) is 23.5 Å². The fourth-order valence-electron chi connectivity index (χ4n) is 7.27. The van der Waals surface area contributed by atoms with Gasteiger partial charge in [-0.3, -0.25) is 0 Å². The van der Waals surface area contributed by atoms with Gasteiger partial charge in [0.05, 0.1) is 12.7 Å². The molecular formula is C21H34O2. The van der Waals surface area contributed by atoms with Crippen molar-refractivity contribution in [1.82, 2.24) is 0 Å². The van der Waals surface area contributed by atoms with Crippen LogP contribution in [-0.4, -0.2) is 22.9 Å². The first-order valence-corrected chi connectivity index (χ1v) is 9.84. The molecule has 0 bridgehead atoms. The van der Waals surface area contributed by atoms with E-state index in [4.69, 9.17) is 0 Å². The molecule has 2 N–H and O–H groups in total. The maximum Gasteiger partial charge on any atom is 0.0577 e. The van der Waals surface area contributed by atoms with Crippen molar-refractivity contribution in [1.29, 1.82) is 0 Å². The van der Waals surface area contributed by atoms with Crippen LogP contribution < -0.4 is 0 Å². The number of aliphatic hydroxyl groups excluding tert-OH is 2.